The summed E-state index contributed by atoms with van der Waals surface area (Å²) in [6, 6.07) is 0. The van der Waals surface area contributed by atoms with Crippen molar-refractivity contribution in [2.75, 3.05) is 0 Å². The zero-order valence-corrected chi connectivity index (χ0v) is 14.2. The standard InChI is InChI=1S/C14H26Se2/c1-3-5-7-9-11-13-15-16-14-12-10-8-6-4-2/h11-14H,3-10H2,1-2H3/b13-11+,14-12+. The predicted molar refractivity (Wildman–Crippen MR) is 78.1 cm³/mol. The number of hydrogen-bond donors (Lipinski definition) is 0. The van der Waals surface area contributed by atoms with Gasteiger partial charge in [-0.05, 0) is 0 Å². The zero-order chi connectivity index (χ0) is 11.9. The summed E-state index contributed by atoms with van der Waals surface area (Å²) >= 11 is 1.53. The molecule has 0 saturated heterocycles. The van der Waals surface area contributed by atoms with Crippen LogP contribution in [0, 0.1) is 0 Å². The fraction of sp³-hybridized carbons (Fsp3) is 0.714. The zero-order valence-electron chi connectivity index (χ0n) is 10.8. The Kier molecular flexibility index (Phi) is 16.0. The molecule has 0 fully saturated rings. The van der Waals surface area contributed by atoms with E-state index in [0.29, 0.717) is 0 Å². The quantitative estimate of drug-likeness (QED) is 0.379. The van der Waals surface area contributed by atoms with Gasteiger partial charge in [-0.1, -0.05) is 0 Å². The van der Waals surface area contributed by atoms with Crippen LogP contribution in [0.15, 0.2) is 22.1 Å². The van der Waals surface area contributed by atoms with Crippen molar-refractivity contribution in [3.05, 3.63) is 22.1 Å². The van der Waals surface area contributed by atoms with Crippen LogP contribution < -0.4 is 0 Å². The second-order valence-corrected chi connectivity index (χ2v) is 10.1. The molecular weight excluding hydrogens is 326 g/mol. The van der Waals surface area contributed by atoms with Gasteiger partial charge in [-0.25, -0.2) is 0 Å². The van der Waals surface area contributed by atoms with E-state index in [0.717, 1.165) is 26.3 Å². The summed E-state index contributed by atoms with van der Waals surface area (Å²) in [5.74, 6) is 0. The maximum atomic E-state index is 2.43. The second kappa shape index (κ2) is 15.5. The van der Waals surface area contributed by atoms with E-state index in [1.165, 1.54) is 51.4 Å². The van der Waals surface area contributed by atoms with E-state index in [1.54, 1.807) is 0 Å². The van der Waals surface area contributed by atoms with Gasteiger partial charge in [0.05, 0.1) is 0 Å². The molecule has 0 amide bonds. The Morgan fingerprint density at radius 3 is 1.50 bits per heavy atom. The fourth-order valence-corrected chi connectivity index (χ4v) is 5.58. The van der Waals surface area contributed by atoms with Crippen molar-refractivity contribution in [2.45, 2.75) is 65.2 Å². The minimum atomic E-state index is 0.764. The summed E-state index contributed by atoms with van der Waals surface area (Å²) in [5, 5.41) is 0. The van der Waals surface area contributed by atoms with Crippen molar-refractivity contribution in [3.8, 4) is 0 Å². The molecule has 0 aromatic carbocycles. The summed E-state index contributed by atoms with van der Waals surface area (Å²) in [5.41, 5.74) is 0. The molecule has 2 heteroatoms. The molecular formula is C14H26Se2. The average Bonchev–Trinajstić information content (AvgIpc) is 2.31. The Bertz CT molecular complexity index is 154. The molecule has 0 nitrogen and oxygen atoms in total. The molecule has 0 radical (unpaired) electrons. The first-order valence-electron chi connectivity index (χ1n) is 6.54. The van der Waals surface area contributed by atoms with E-state index in [2.05, 4.69) is 35.9 Å². The van der Waals surface area contributed by atoms with Gasteiger partial charge in [-0.3, -0.25) is 0 Å². The molecule has 0 aromatic rings. The Hall–Kier alpha value is 0.519. The van der Waals surface area contributed by atoms with Gasteiger partial charge < -0.3 is 0 Å². The average molecular weight is 352 g/mol. The third kappa shape index (κ3) is 14.5. The molecule has 0 spiro atoms. The van der Waals surface area contributed by atoms with Crippen molar-refractivity contribution in [2.24, 2.45) is 0 Å². The normalized spacial score (nSPS) is 11.9. The molecule has 0 aliphatic heterocycles. The molecule has 0 saturated carbocycles. The van der Waals surface area contributed by atoms with E-state index in [4.69, 9.17) is 0 Å². The van der Waals surface area contributed by atoms with Crippen LogP contribution in [-0.2, 0) is 0 Å². The third-order valence-electron chi connectivity index (χ3n) is 2.31. The van der Waals surface area contributed by atoms with E-state index in [9.17, 15) is 0 Å². The van der Waals surface area contributed by atoms with Gasteiger partial charge in [0.25, 0.3) is 0 Å². The fourth-order valence-electron chi connectivity index (χ4n) is 1.30. The molecule has 0 rings (SSSR count). The molecule has 0 atom stereocenters. The van der Waals surface area contributed by atoms with Crippen LogP contribution in [0.1, 0.15) is 65.2 Å². The van der Waals surface area contributed by atoms with E-state index in [-0.39, 0.29) is 0 Å². The van der Waals surface area contributed by atoms with Crippen molar-refractivity contribution >= 4 is 26.3 Å². The molecule has 0 bridgehead atoms. The molecule has 0 heterocycles. The predicted octanol–water partition coefficient (Wildman–Crippen LogP) is 4.50. The molecule has 0 N–H and O–H groups in total. The topological polar surface area (TPSA) is 0 Å². The van der Waals surface area contributed by atoms with Crippen molar-refractivity contribution in [1.82, 2.24) is 0 Å². The van der Waals surface area contributed by atoms with Crippen LogP contribution in [-0.4, -0.2) is 26.3 Å². The minimum absolute atomic E-state index is 0.764. The van der Waals surface area contributed by atoms with E-state index in [1.807, 2.05) is 0 Å². The number of unbranched alkanes of at least 4 members (excludes halogenated alkanes) is 6. The summed E-state index contributed by atoms with van der Waals surface area (Å²) in [4.78, 5) is 4.86. The van der Waals surface area contributed by atoms with Gasteiger partial charge in [0.15, 0.2) is 0 Å². The summed E-state index contributed by atoms with van der Waals surface area (Å²) < 4.78 is 0. The summed E-state index contributed by atoms with van der Waals surface area (Å²) in [6.45, 7) is 4.53. The molecule has 0 aromatic heterocycles. The van der Waals surface area contributed by atoms with Crippen molar-refractivity contribution < 1.29 is 0 Å². The Balaban J connectivity index is 3.12. The molecule has 0 aliphatic carbocycles. The maximum absolute atomic E-state index is 2.43. The van der Waals surface area contributed by atoms with Gasteiger partial charge in [0.1, 0.15) is 0 Å². The monoisotopic (exact) mass is 354 g/mol. The summed E-state index contributed by atoms with van der Waals surface area (Å²) in [6.07, 6.45) is 15.6. The first-order valence-corrected chi connectivity index (χ1v) is 12.8. The molecule has 0 aliphatic rings. The van der Waals surface area contributed by atoms with Crippen LogP contribution in [0.5, 0.6) is 0 Å². The van der Waals surface area contributed by atoms with Gasteiger partial charge in [0, 0.05) is 0 Å². The van der Waals surface area contributed by atoms with Crippen LogP contribution in [0.2, 0.25) is 0 Å². The number of rotatable bonds is 11. The van der Waals surface area contributed by atoms with Gasteiger partial charge in [-0.15, -0.1) is 0 Å². The molecule has 16 heavy (non-hydrogen) atoms. The Morgan fingerprint density at radius 1 is 0.688 bits per heavy atom. The van der Waals surface area contributed by atoms with Crippen molar-refractivity contribution in [1.29, 1.82) is 0 Å². The van der Waals surface area contributed by atoms with Crippen LogP contribution >= 0.6 is 0 Å². The first kappa shape index (κ1) is 16.5. The van der Waals surface area contributed by atoms with Crippen LogP contribution in [0.25, 0.3) is 0 Å². The van der Waals surface area contributed by atoms with Gasteiger partial charge in [0.2, 0.25) is 0 Å². The van der Waals surface area contributed by atoms with Crippen LogP contribution in [0.3, 0.4) is 0 Å². The number of allylic oxidation sites excluding steroid dienone is 2. The van der Waals surface area contributed by atoms with Crippen LogP contribution in [0.4, 0.5) is 0 Å². The molecule has 94 valence electrons. The third-order valence-corrected chi connectivity index (χ3v) is 7.45. The molecule has 0 unspecified atom stereocenters. The first-order chi connectivity index (χ1) is 7.91. The van der Waals surface area contributed by atoms with Crippen molar-refractivity contribution in [3.63, 3.8) is 0 Å². The SMILES string of the molecule is CCCCC/C=C/[Se][Se]/C=C/CCCCC. The van der Waals surface area contributed by atoms with E-state index >= 15 is 0 Å². The number of hydrogen-bond acceptors (Lipinski definition) is 0. The van der Waals surface area contributed by atoms with E-state index < -0.39 is 0 Å². The Labute approximate surface area is 113 Å². The van der Waals surface area contributed by atoms with Gasteiger partial charge >= 0.3 is 114 Å². The Morgan fingerprint density at radius 2 is 1.12 bits per heavy atom. The van der Waals surface area contributed by atoms with Gasteiger partial charge in [-0.2, -0.15) is 0 Å². The second-order valence-electron chi connectivity index (χ2n) is 3.93. The summed E-state index contributed by atoms with van der Waals surface area (Å²) in [7, 11) is 0.